The molecule has 3 heteroatoms. The Hall–Kier alpha value is -0.730. The summed E-state index contributed by atoms with van der Waals surface area (Å²) in [5, 5.41) is 5.61. The molecule has 0 aromatic rings. The van der Waals surface area contributed by atoms with Crippen LogP contribution in [-0.2, 0) is 0 Å². The highest BCUT2D eigenvalue weighted by Gasteiger charge is 2.04. The molecule has 2 amide bonds. The van der Waals surface area contributed by atoms with Crippen molar-refractivity contribution in [1.29, 1.82) is 0 Å². The molecule has 0 bridgehead atoms. The number of hydrogen-bond acceptors (Lipinski definition) is 1. The number of carbonyl (C=O) groups excluding carboxylic acids is 1. The molecule has 0 spiro atoms. The van der Waals surface area contributed by atoms with Gasteiger partial charge in [0.2, 0.25) is 0 Å². The van der Waals surface area contributed by atoms with Gasteiger partial charge >= 0.3 is 6.03 Å². The number of rotatable bonds is 6. The molecule has 0 aromatic carbocycles. The molecule has 13 heavy (non-hydrogen) atoms. The third kappa shape index (κ3) is 7.62. The van der Waals surface area contributed by atoms with Gasteiger partial charge in [0.15, 0.2) is 0 Å². The molecule has 0 saturated heterocycles. The summed E-state index contributed by atoms with van der Waals surface area (Å²) in [5.74, 6) is 0. The maximum atomic E-state index is 11.1. The molecule has 0 rings (SSSR count). The third-order valence-electron chi connectivity index (χ3n) is 1.96. The first-order valence-electron chi connectivity index (χ1n) is 5.25. The maximum Gasteiger partial charge on any atom is 0.314 e. The molecule has 0 aliphatic rings. The minimum atomic E-state index is -0.0495. The van der Waals surface area contributed by atoms with Crippen LogP contribution in [0, 0.1) is 0 Å². The quantitative estimate of drug-likeness (QED) is 0.614. The van der Waals surface area contributed by atoms with Crippen LogP contribution in [0.2, 0.25) is 0 Å². The second kappa shape index (κ2) is 7.90. The van der Waals surface area contributed by atoms with Crippen LogP contribution < -0.4 is 10.6 Å². The van der Waals surface area contributed by atoms with Crippen molar-refractivity contribution in [2.45, 2.75) is 52.5 Å². The predicted octanol–water partition coefficient (Wildman–Crippen LogP) is 2.27. The van der Waals surface area contributed by atoms with E-state index in [4.69, 9.17) is 0 Å². The van der Waals surface area contributed by atoms with E-state index in [-0.39, 0.29) is 12.1 Å². The second-order valence-electron chi connectivity index (χ2n) is 3.40. The highest BCUT2D eigenvalue weighted by Crippen LogP contribution is 2.02. The van der Waals surface area contributed by atoms with Gasteiger partial charge in [0.1, 0.15) is 0 Å². The van der Waals surface area contributed by atoms with Gasteiger partial charge in [-0.3, -0.25) is 0 Å². The van der Waals surface area contributed by atoms with Gasteiger partial charge < -0.3 is 10.6 Å². The summed E-state index contributed by atoms with van der Waals surface area (Å²) in [4.78, 5) is 11.1. The van der Waals surface area contributed by atoms with Gasteiger partial charge in [-0.05, 0) is 20.3 Å². The highest BCUT2D eigenvalue weighted by atomic mass is 16.2. The summed E-state index contributed by atoms with van der Waals surface area (Å²) >= 11 is 0. The Kier molecular flexibility index (Phi) is 7.45. The molecule has 0 heterocycles. The summed E-state index contributed by atoms with van der Waals surface area (Å²) in [6.45, 7) is 6.83. The lowest BCUT2D eigenvalue weighted by Gasteiger charge is -2.13. The van der Waals surface area contributed by atoms with E-state index in [2.05, 4.69) is 17.6 Å². The van der Waals surface area contributed by atoms with Crippen LogP contribution in [0.25, 0.3) is 0 Å². The smallest absolute Gasteiger partial charge is 0.314 e. The van der Waals surface area contributed by atoms with Gasteiger partial charge in [-0.15, -0.1) is 0 Å². The SMILES string of the molecule is CCCCCC(C)NC(=O)NCC. The molecule has 0 aliphatic heterocycles. The molecule has 0 fully saturated rings. The van der Waals surface area contributed by atoms with E-state index in [1.807, 2.05) is 13.8 Å². The van der Waals surface area contributed by atoms with Crippen LogP contribution in [0.4, 0.5) is 4.79 Å². The predicted molar refractivity (Wildman–Crippen MR) is 55.8 cm³/mol. The standard InChI is InChI=1S/C10H22N2O/c1-4-6-7-8-9(3)12-10(13)11-5-2/h9H,4-8H2,1-3H3,(H2,11,12,13). The van der Waals surface area contributed by atoms with Crippen LogP contribution in [-0.4, -0.2) is 18.6 Å². The molecular weight excluding hydrogens is 164 g/mol. The van der Waals surface area contributed by atoms with Crippen molar-refractivity contribution in [1.82, 2.24) is 10.6 Å². The number of nitrogens with one attached hydrogen (secondary N) is 2. The lowest BCUT2D eigenvalue weighted by atomic mass is 10.1. The van der Waals surface area contributed by atoms with Crippen LogP contribution in [0.15, 0.2) is 0 Å². The van der Waals surface area contributed by atoms with E-state index in [1.165, 1.54) is 19.3 Å². The van der Waals surface area contributed by atoms with Crippen molar-refractivity contribution in [3.05, 3.63) is 0 Å². The van der Waals surface area contributed by atoms with Gasteiger partial charge in [-0.25, -0.2) is 4.79 Å². The van der Waals surface area contributed by atoms with E-state index >= 15 is 0 Å². The van der Waals surface area contributed by atoms with Gasteiger partial charge in [0, 0.05) is 12.6 Å². The van der Waals surface area contributed by atoms with Crippen LogP contribution >= 0.6 is 0 Å². The first kappa shape index (κ1) is 12.3. The van der Waals surface area contributed by atoms with E-state index in [1.54, 1.807) is 0 Å². The largest absolute Gasteiger partial charge is 0.338 e. The fraction of sp³-hybridized carbons (Fsp3) is 0.900. The summed E-state index contributed by atoms with van der Waals surface area (Å²) in [5.41, 5.74) is 0. The summed E-state index contributed by atoms with van der Waals surface area (Å²) in [6.07, 6.45) is 4.75. The summed E-state index contributed by atoms with van der Waals surface area (Å²) in [6, 6.07) is 0.240. The molecule has 0 aliphatic carbocycles. The van der Waals surface area contributed by atoms with Crippen LogP contribution in [0.5, 0.6) is 0 Å². The molecular formula is C10H22N2O. The zero-order chi connectivity index (χ0) is 10.1. The minimum Gasteiger partial charge on any atom is -0.338 e. The number of hydrogen-bond donors (Lipinski definition) is 2. The number of urea groups is 1. The second-order valence-corrected chi connectivity index (χ2v) is 3.40. The molecule has 0 radical (unpaired) electrons. The molecule has 78 valence electrons. The summed E-state index contributed by atoms with van der Waals surface area (Å²) in [7, 11) is 0. The zero-order valence-electron chi connectivity index (χ0n) is 9.02. The van der Waals surface area contributed by atoms with Gasteiger partial charge in [0.05, 0.1) is 0 Å². The van der Waals surface area contributed by atoms with Crippen LogP contribution in [0.3, 0.4) is 0 Å². The van der Waals surface area contributed by atoms with Gasteiger partial charge in [-0.1, -0.05) is 26.2 Å². The van der Waals surface area contributed by atoms with E-state index in [0.717, 1.165) is 6.42 Å². The van der Waals surface area contributed by atoms with E-state index in [0.29, 0.717) is 6.54 Å². The average molecular weight is 186 g/mol. The Bertz CT molecular complexity index is 137. The Morgan fingerprint density at radius 2 is 2.00 bits per heavy atom. The Labute approximate surface area is 81.3 Å². The van der Waals surface area contributed by atoms with Gasteiger partial charge in [0.25, 0.3) is 0 Å². The first-order valence-corrected chi connectivity index (χ1v) is 5.25. The Morgan fingerprint density at radius 1 is 1.31 bits per heavy atom. The number of unbranched alkanes of at least 4 members (excludes halogenated alkanes) is 2. The van der Waals surface area contributed by atoms with Crippen molar-refractivity contribution in [2.24, 2.45) is 0 Å². The lowest BCUT2D eigenvalue weighted by Crippen LogP contribution is -2.40. The molecule has 1 atom stereocenters. The molecule has 0 saturated carbocycles. The minimum absolute atomic E-state index is 0.0495. The molecule has 1 unspecified atom stereocenters. The summed E-state index contributed by atoms with van der Waals surface area (Å²) < 4.78 is 0. The fourth-order valence-corrected chi connectivity index (χ4v) is 1.21. The first-order chi connectivity index (χ1) is 6.20. The number of carbonyl (C=O) groups is 1. The highest BCUT2D eigenvalue weighted by molar-refractivity contribution is 5.73. The van der Waals surface area contributed by atoms with Crippen molar-refractivity contribution in [2.75, 3.05) is 6.54 Å². The maximum absolute atomic E-state index is 11.1. The van der Waals surface area contributed by atoms with Crippen molar-refractivity contribution < 1.29 is 4.79 Å². The van der Waals surface area contributed by atoms with Crippen molar-refractivity contribution in [3.63, 3.8) is 0 Å². The molecule has 0 aromatic heterocycles. The zero-order valence-corrected chi connectivity index (χ0v) is 9.02. The lowest BCUT2D eigenvalue weighted by molar-refractivity contribution is 0.237. The van der Waals surface area contributed by atoms with Crippen molar-refractivity contribution in [3.8, 4) is 0 Å². The Balaban J connectivity index is 3.38. The van der Waals surface area contributed by atoms with E-state index in [9.17, 15) is 4.79 Å². The third-order valence-corrected chi connectivity index (χ3v) is 1.96. The van der Waals surface area contributed by atoms with E-state index < -0.39 is 0 Å². The monoisotopic (exact) mass is 186 g/mol. The van der Waals surface area contributed by atoms with Crippen LogP contribution in [0.1, 0.15) is 46.5 Å². The van der Waals surface area contributed by atoms with Crippen molar-refractivity contribution >= 4 is 6.03 Å². The molecule has 3 nitrogen and oxygen atoms in total. The molecule has 2 N–H and O–H groups in total. The fourth-order valence-electron chi connectivity index (χ4n) is 1.21. The Morgan fingerprint density at radius 3 is 2.54 bits per heavy atom. The number of amides is 2. The topological polar surface area (TPSA) is 41.1 Å². The normalized spacial score (nSPS) is 12.2. The van der Waals surface area contributed by atoms with Gasteiger partial charge in [-0.2, -0.15) is 0 Å². The average Bonchev–Trinajstić information content (AvgIpc) is 2.05.